The minimum Gasteiger partial charge on any atom is -0.401 e. The molecule has 0 atom stereocenters. The van der Waals surface area contributed by atoms with Gasteiger partial charge in [-0.25, -0.2) is 0 Å². The number of likely N-dealkylation sites (N-methyl/N-ethyl adjacent to an activating group) is 1. The van der Waals surface area contributed by atoms with Gasteiger partial charge in [0.2, 0.25) is 0 Å². The van der Waals surface area contributed by atoms with E-state index in [0.29, 0.717) is 0 Å². The highest BCUT2D eigenvalue weighted by atomic mass is 32.2. The van der Waals surface area contributed by atoms with E-state index in [9.17, 15) is 0 Å². The van der Waals surface area contributed by atoms with Gasteiger partial charge in [-0.2, -0.15) is 0 Å². The predicted molar refractivity (Wildman–Crippen MR) is 86.2 cm³/mol. The Balaban J connectivity index is 0.000000861. The van der Waals surface area contributed by atoms with Gasteiger partial charge in [0.1, 0.15) is 0 Å². The normalized spacial score (nSPS) is 22.1. The van der Waals surface area contributed by atoms with E-state index in [1.54, 1.807) is 0 Å². The molecule has 0 spiro atoms. The van der Waals surface area contributed by atoms with Gasteiger partial charge in [0.05, 0.1) is 0 Å². The first kappa shape index (κ1) is 16.8. The van der Waals surface area contributed by atoms with Crippen LogP contribution in [0.4, 0.5) is 0 Å². The molecule has 0 aliphatic carbocycles. The van der Waals surface area contributed by atoms with E-state index in [-0.39, 0.29) is 0 Å². The van der Waals surface area contributed by atoms with Gasteiger partial charge < -0.3 is 16.0 Å². The lowest BCUT2D eigenvalue weighted by atomic mass is 10.2. The molecule has 2 aliphatic heterocycles. The highest BCUT2D eigenvalue weighted by molar-refractivity contribution is 8.03. The number of rotatable bonds is 4. The van der Waals surface area contributed by atoms with Gasteiger partial charge >= 0.3 is 0 Å². The highest BCUT2D eigenvalue weighted by Gasteiger charge is 2.17. The Labute approximate surface area is 122 Å². The fraction of sp³-hybridized carbons (Fsp3) is 0.857. The minimum atomic E-state index is 0.964. The molecule has 4 nitrogen and oxygen atoms in total. The molecule has 1 saturated heterocycles. The summed E-state index contributed by atoms with van der Waals surface area (Å²) in [6.07, 6.45) is 1.01. The molecule has 2 rings (SSSR count). The molecule has 0 aromatic rings. The lowest BCUT2D eigenvalue weighted by molar-refractivity contribution is 0.155. The van der Waals surface area contributed by atoms with E-state index < -0.39 is 0 Å². The van der Waals surface area contributed by atoms with Crippen LogP contribution < -0.4 is 11.1 Å². The molecule has 2 aliphatic rings. The monoisotopic (exact) mass is 286 g/mol. The molecule has 3 N–H and O–H groups in total. The van der Waals surface area contributed by atoms with Crippen LogP contribution in [0.2, 0.25) is 0 Å². The van der Waals surface area contributed by atoms with E-state index in [4.69, 9.17) is 5.73 Å². The van der Waals surface area contributed by atoms with Crippen LogP contribution in [0, 0.1) is 0 Å². The second-order valence-electron chi connectivity index (χ2n) is 4.70. The van der Waals surface area contributed by atoms with Gasteiger partial charge in [-0.1, -0.05) is 20.8 Å². The lowest BCUT2D eigenvalue weighted by Crippen LogP contribution is -2.45. The average molecular weight is 286 g/mol. The minimum absolute atomic E-state index is 0.964. The van der Waals surface area contributed by atoms with Crippen molar-refractivity contribution < 1.29 is 0 Å². The molecule has 0 bridgehead atoms. The van der Waals surface area contributed by atoms with Crippen molar-refractivity contribution in [3.63, 3.8) is 0 Å². The Bertz CT molecular complexity index is 273. The molecular weight excluding hydrogens is 256 g/mol. The summed E-state index contributed by atoms with van der Waals surface area (Å²) in [5, 5.41) is 3.38. The third kappa shape index (κ3) is 5.73. The SMILES string of the molecule is CC.CCN1CCN(CSC2=C(N)CCNC2)CC1. The Morgan fingerprint density at radius 1 is 1.16 bits per heavy atom. The summed E-state index contributed by atoms with van der Waals surface area (Å²) >= 11 is 1.92. The molecule has 0 radical (unpaired) electrons. The summed E-state index contributed by atoms with van der Waals surface area (Å²) in [5.74, 6) is 1.09. The molecule has 0 aromatic carbocycles. The zero-order chi connectivity index (χ0) is 14.1. The topological polar surface area (TPSA) is 44.5 Å². The molecule has 1 fully saturated rings. The first-order valence-corrected chi connectivity index (χ1v) is 8.54. The largest absolute Gasteiger partial charge is 0.401 e. The van der Waals surface area contributed by atoms with Crippen LogP contribution in [-0.4, -0.2) is 61.5 Å². The van der Waals surface area contributed by atoms with E-state index in [1.807, 2.05) is 25.6 Å². The molecule has 0 unspecified atom stereocenters. The van der Waals surface area contributed by atoms with Gasteiger partial charge in [-0.3, -0.25) is 4.90 Å². The first-order valence-electron chi connectivity index (χ1n) is 7.55. The van der Waals surface area contributed by atoms with Gasteiger partial charge in [0.25, 0.3) is 0 Å². The molecule has 5 heteroatoms. The van der Waals surface area contributed by atoms with E-state index in [1.165, 1.54) is 37.6 Å². The van der Waals surface area contributed by atoms with Crippen molar-refractivity contribution in [3.8, 4) is 0 Å². The number of nitrogens with one attached hydrogen (secondary N) is 1. The van der Waals surface area contributed by atoms with E-state index in [2.05, 4.69) is 22.0 Å². The Kier molecular flexibility index (Phi) is 8.53. The van der Waals surface area contributed by atoms with Crippen molar-refractivity contribution in [2.45, 2.75) is 27.2 Å². The van der Waals surface area contributed by atoms with Crippen molar-refractivity contribution >= 4 is 11.8 Å². The zero-order valence-electron chi connectivity index (χ0n) is 12.7. The summed E-state index contributed by atoms with van der Waals surface area (Å²) in [5.41, 5.74) is 7.13. The maximum atomic E-state index is 6.03. The highest BCUT2D eigenvalue weighted by Crippen LogP contribution is 2.22. The van der Waals surface area contributed by atoms with Crippen LogP contribution in [0.15, 0.2) is 10.6 Å². The molecule has 112 valence electrons. The van der Waals surface area contributed by atoms with Crippen molar-refractivity contribution in [3.05, 3.63) is 10.6 Å². The second kappa shape index (κ2) is 9.64. The van der Waals surface area contributed by atoms with Crippen molar-refractivity contribution in [1.82, 2.24) is 15.1 Å². The summed E-state index contributed by atoms with van der Waals surface area (Å²) in [4.78, 5) is 6.40. The smallest absolute Gasteiger partial charge is 0.0490 e. The van der Waals surface area contributed by atoms with Gasteiger partial charge in [0, 0.05) is 62.2 Å². The summed E-state index contributed by atoms with van der Waals surface area (Å²) in [6.45, 7) is 14.2. The molecule has 0 amide bonds. The van der Waals surface area contributed by atoms with Crippen LogP contribution in [0.1, 0.15) is 27.2 Å². The fourth-order valence-corrected chi connectivity index (χ4v) is 3.31. The van der Waals surface area contributed by atoms with Gasteiger partial charge in [-0.05, 0) is 6.54 Å². The Hall–Kier alpha value is -0.230. The number of thioether (sulfide) groups is 1. The Morgan fingerprint density at radius 2 is 1.79 bits per heavy atom. The maximum absolute atomic E-state index is 6.03. The summed E-state index contributed by atoms with van der Waals surface area (Å²) in [6, 6.07) is 0. The average Bonchev–Trinajstić information content (AvgIpc) is 2.49. The van der Waals surface area contributed by atoms with E-state index in [0.717, 1.165) is 31.1 Å². The number of hydrogen-bond donors (Lipinski definition) is 2. The second-order valence-corrected chi connectivity index (χ2v) is 5.74. The van der Waals surface area contributed by atoms with Gasteiger partial charge in [-0.15, -0.1) is 11.8 Å². The predicted octanol–water partition coefficient (Wildman–Crippen LogP) is 1.50. The fourth-order valence-electron chi connectivity index (χ4n) is 2.23. The molecular formula is C14H30N4S. The first-order chi connectivity index (χ1) is 9.29. The van der Waals surface area contributed by atoms with Gasteiger partial charge in [0.15, 0.2) is 0 Å². The van der Waals surface area contributed by atoms with Crippen LogP contribution in [0.25, 0.3) is 0 Å². The third-order valence-corrected chi connectivity index (χ3v) is 4.80. The van der Waals surface area contributed by atoms with Crippen molar-refractivity contribution in [2.75, 3.05) is 51.7 Å². The molecule has 0 aromatic heterocycles. The number of piperazine rings is 1. The number of nitrogens with two attached hydrogens (primary N) is 1. The summed E-state index contributed by atoms with van der Waals surface area (Å²) in [7, 11) is 0. The number of hydrogen-bond acceptors (Lipinski definition) is 5. The molecule has 0 saturated carbocycles. The zero-order valence-corrected chi connectivity index (χ0v) is 13.6. The van der Waals surface area contributed by atoms with Crippen LogP contribution in [0.3, 0.4) is 0 Å². The standard InChI is InChI=1S/C12H24N4S.C2H6/c1-2-15-5-7-16(8-6-15)10-17-12-9-14-4-3-11(12)13;1-2/h14H,2-10,13H2,1H3;1-2H3. The lowest BCUT2D eigenvalue weighted by Gasteiger charge is -2.34. The van der Waals surface area contributed by atoms with Crippen molar-refractivity contribution in [1.29, 1.82) is 0 Å². The van der Waals surface area contributed by atoms with Crippen LogP contribution in [-0.2, 0) is 0 Å². The molecule has 2 heterocycles. The molecule has 19 heavy (non-hydrogen) atoms. The van der Waals surface area contributed by atoms with Crippen LogP contribution >= 0.6 is 11.8 Å². The quantitative estimate of drug-likeness (QED) is 0.820. The number of nitrogens with zero attached hydrogens (tertiary/aromatic N) is 2. The summed E-state index contributed by atoms with van der Waals surface area (Å²) < 4.78 is 0. The third-order valence-electron chi connectivity index (χ3n) is 3.55. The Morgan fingerprint density at radius 3 is 2.37 bits per heavy atom. The van der Waals surface area contributed by atoms with E-state index >= 15 is 0 Å². The van der Waals surface area contributed by atoms with Crippen LogP contribution in [0.5, 0.6) is 0 Å². The maximum Gasteiger partial charge on any atom is 0.0490 e. The van der Waals surface area contributed by atoms with Crippen molar-refractivity contribution in [2.24, 2.45) is 5.73 Å².